The Hall–Kier alpha value is -1.02. The SMILES string of the molecule is CC(Cc1ccc(Cl)cc1)N(C)C(=O)C1CCC1. The minimum absolute atomic E-state index is 0.235. The lowest BCUT2D eigenvalue weighted by Crippen LogP contribution is -2.42. The Kier molecular flexibility index (Phi) is 4.28. The lowest BCUT2D eigenvalue weighted by atomic mass is 9.84. The van der Waals surface area contributed by atoms with Crippen molar-refractivity contribution in [2.45, 2.75) is 38.6 Å². The lowest BCUT2D eigenvalue weighted by molar-refractivity contribution is -0.138. The van der Waals surface area contributed by atoms with Crippen LogP contribution in [0.2, 0.25) is 5.02 Å². The molecular weight excluding hydrogens is 246 g/mol. The smallest absolute Gasteiger partial charge is 0.225 e. The van der Waals surface area contributed by atoms with Crippen LogP contribution in [0.5, 0.6) is 0 Å². The lowest BCUT2D eigenvalue weighted by Gasteiger charge is -2.33. The number of hydrogen-bond donors (Lipinski definition) is 0. The van der Waals surface area contributed by atoms with Crippen molar-refractivity contribution >= 4 is 17.5 Å². The van der Waals surface area contributed by atoms with Crippen LogP contribution in [0, 0.1) is 5.92 Å². The highest BCUT2D eigenvalue weighted by Gasteiger charge is 2.29. The third-order valence-electron chi connectivity index (χ3n) is 3.91. The molecular formula is C15H20ClNO. The molecule has 0 aliphatic heterocycles. The van der Waals surface area contributed by atoms with Gasteiger partial charge in [0.05, 0.1) is 0 Å². The molecule has 0 saturated heterocycles. The monoisotopic (exact) mass is 265 g/mol. The highest BCUT2D eigenvalue weighted by Crippen LogP contribution is 2.28. The molecule has 1 unspecified atom stereocenters. The maximum absolute atomic E-state index is 12.1. The van der Waals surface area contributed by atoms with Crippen molar-refractivity contribution in [3.05, 3.63) is 34.9 Å². The third-order valence-corrected chi connectivity index (χ3v) is 4.16. The molecule has 2 nitrogen and oxygen atoms in total. The third kappa shape index (κ3) is 3.05. The fourth-order valence-corrected chi connectivity index (χ4v) is 2.38. The van der Waals surface area contributed by atoms with Gasteiger partial charge in [0.2, 0.25) is 5.91 Å². The van der Waals surface area contributed by atoms with E-state index in [0.29, 0.717) is 5.91 Å². The van der Waals surface area contributed by atoms with Crippen molar-refractivity contribution in [2.24, 2.45) is 5.92 Å². The van der Waals surface area contributed by atoms with Gasteiger partial charge in [-0.1, -0.05) is 30.2 Å². The van der Waals surface area contributed by atoms with Crippen LogP contribution in [-0.4, -0.2) is 23.9 Å². The van der Waals surface area contributed by atoms with Crippen LogP contribution < -0.4 is 0 Å². The normalized spacial score (nSPS) is 17.1. The van der Waals surface area contributed by atoms with Crippen LogP contribution in [0.3, 0.4) is 0 Å². The number of hydrogen-bond acceptors (Lipinski definition) is 1. The summed E-state index contributed by atoms with van der Waals surface area (Å²) in [5, 5.41) is 0.755. The average molecular weight is 266 g/mol. The van der Waals surface area contributed by atoms with Gasteiger partial charge in [-0.05, 0) is 43.9 Å². The summed E-state index contributed by atoms with van der Waals surface area (Å²) >= 11 is 5.86. The molecule has 1 aromatic rings. The van der Waals surface area contributed by atoms with Crippen LogP contribution in [0.25, 0.3) is 0 Å². The summed E-state index contributed by atoms with van der Waals surface area (Å²) in [6.45, 7) is 2.10. The summed E-state index contributed by atoms with van der Waals surface area (Å²) in [6.07, 6.45) is 4.22. The largest absolute Gasteiger partial charge is 0.342 e. The zero-order valence-corrected chi connectivity index (χ0v) is 11.8. The molecule has 0 spiro atoms. The molecule has 0 aromatic heterocycles. The van der Waals surface area contributed by atoms with Gasteiger partial charge in [0.1, 0.15) is 0 Å². The van der Waals surface area contributed by atoms with Crippen molar-refractivity contribution in [3.8, 4) is 0 Å². The minimum atomic E-state index is 0.235. The van der Waals surface area contributed by atoms with E-state index in [-0.39, 0.29) is 12.0 Å². The van der Waals surface area contributed by atoms with E-state index in [2.05, 4.69) is 6.92 Å². The maximum Gasteiger partial charge on any atom is 0.225 e. The molecule has 0 radical (unpaired) electrons. The van der Waals surface area contributed by atoms with E-state index in [0.717, 1.165) is 24.3 Å². The Morgan fingerprint density at radius 3 is 2.50 bits per heavy atom. The second-order valence-corrected chi connectivity index (χ2v) is 5.69. The van der Waals surface area contributed by atoms with Gasteiger partial charge in [0.25, 0.3) is 0 Å². The molecule has 3 heteroatoms. The predicted molar refractivity (Wildman–Crippen MR) is 74.7 cm³/mol. The van der Waals surface area contributed by atoms with Gasteiger partial charge < -0.3 is 4.90 Å². The summed E-state index contributed by atoms with van der Waals surface area (Å²) in [5.41, 5.74) is 1.22. The summed E-state index contributed by atoms with van der Waals surface area (Å²) in [7, 11) is 1.92. The van der Waals surface area contributed by atoms with E-state index in [1.165, 1.54) is 12.0 Å². The second kappa shape index (κ2) is 5.75. The highest BCUT2D eigenvalue weighted by molar-refractivity contribution is 6.30. The van der Waals surface area contributed by atoms with E-state index in [1.54, 1.807) is 0 Å². The van der Waals surface area contributed by atoms with E-state index < -0.39 is 0 Å². The van der Waals surface area contributed by atoms with E-state index in [4.69, 9.17) is 11.6 Å². The number of benzene rings is 1. The molecule has 1 fully saturated rings. The van der Waals surface area contributed by atoms with Gasteiger partial charge in [0, 0.05) is 24.0 Å². The standard InChI is InChI=1S/C15H20ClNO/c1-11(10-12-6-8-14(16)9-7-12)17(2)15(18)13-4-3-5-13/h6-9,11,13H,3-5,10H2,1-2H3. The molecule has 18 heavy (non-hydrogen) atoms. The van der Waals surface area contributed by atoms with Gasteiger partial charge >= 0.3 is 0 Å². The van der Waals surface area contributed by atoms with Crippen molar-refractivity contribution in [2.75, 3.05) is 7.05 Å². The first-order valence-electron chi connectivity index (χ1n) is 6.59. The first-order chi connectivity index (χ1) is 8.58. The predicted octanol–water partition coefficient (Wildman–Crippen LogP) is 3.53. The van der Waals surface area contributed by atoms with Crippen molar-refractivity contribution < 1.29 is 4.79 Å². The van der Waals surface area contributed by atoms with Gasteiger partial charge in [0.15, 0.2) is 0 Å². The fraction of sp³-hybridized carbons (Fsp3) is 0.533. The molecule has 0 bridgehead atoms. The Bertz CT molecular complexity index is 411. The minimum Gasteiger partial charge on any atom is -0.342 e. The summed E-state index contributed by atoms with van der Waals surface area (Å²) in [5.74, 6) is 0.588. The molecule has 98 valence electrons. The van der Waals surface area contributed by atoms with Gasteiger partial charge in [-0.2, -0.15) is 0 Å². The molecule has 1 saturated carbocycles. The van der Waals surface area contributed by atoms with Gasteiger partial charge in [-0.3, -0.25) is 4.79 Å². The molecule has 1 atom stereocenters. The summed E-state index contributed by atoms with van der Waals surface area (Å²) < 4.78 is 0. The Labute approximate surface area is 114 Å². The molecule has 1 amide bonds. The average Bonchev–Trinajstić information content (AvgIpc) is 2.28. The number of nitrogens with zero attached hydrogens (tertiary/aromatic N) is 1. The number of likely N-dealkylation sites (N-methyl/N-ethyl adjacent to an activating group) is 1. The molecule has 0 heterocycles. The summed E-state index contributed by atoms with van der Waals surface area (Å²) in [4.78, 5) is 14.0. The van der Waals surface area contributed by atoms with Crippen LogP contribution in [0.1, 0.15) is 31.7 Å². The van der Waals surface area contributed by atoms with Gasteiger partial charge in [-0.15, -0.1) is 0 Å². The van der Waals surface area contributed by atoms with Gasteiger partial charge in [-0.25, -0.2) is 0 Å². The molecule has 1 aromatic carbocycles. The quantitative estimate of drug-likeness (QED) is 0.816. The van der Waals surface area contributed by atoms with E-state index in [9.17, 15) is 4.79 Å². The highest BCUT2D eigenvalue weighted by atomic mass is 35.5. The molecule has 2 rings (SSSR count). The topological polar surface area (TPSA) is 20.3 Å². The Morgan fingerprint density at radius 1 is 1.39 bits per heavy atom. The number of carbonyl (C=O) groups is 1. The molecule has 0 N–H and O–H groups in total. The van der Waals surface area contributed by atoms with Crippen molar-refractivity contribution in [1.82, 2.24) is 4.90 Å². The Morgan fingerprint density at radius 2 is 2.00 bits per heavy atom. The van der Waals surface area contributed by atoms with Crippen LogP contribution in [0.4, 0.5) is 0 Å². The van der Waals surface area contributed by atoms with Crippen LogP contribution in [0.15, 0.2) is 24.3 Å². The molecule has 1 aliphatic carbocycles. The van der Waals surface area contributed by atoms with Crippen molar-refractivity contribution in [1.29, 1.82) is 0 Å². The fourth-order valence-electron chi connectivity index (χ4n) is 2.26. The molecule has 1 aliphatic rings. The second-order valence-electron chi connectivity index (χ2n) is 5.26. The zero-order chi connectivity index (χ0) is 13.1. The Balaban J connectivity index is 1.92. The number of halogens is 1. The zero-order valence-electron chi connectivity index (χ0n) is 11.0. The first kappa shape index (κ1) is 13.4. The van der Waals surface area contributed by atoms with Crippen LogP contribution in [-0.2, 0) is 11.2 Å². The summed E-state index contributed by atoms with van der Waals surface area (Å²) in [6, 6.07) is 8.09. The number of rotatable bonds is 4. The van der Waals surface area contributed by atoms with Crippen LogP contribution >= 0.6 is 11.6 Å². The first-order valence-corrected chi connectivity index (χ1v) is 6.97. The van der Waals surface area contributed by atoms with Crippen molar-refractivity contribution in [3.63, 3.8) is 0 Å². The van der Waals surface area contributed by atoms with E-state index >= 15 is 0 Å². The number of carbonyl (C=O) groups excluding carboxylic acids is 1. The van der Waals surface area contributed by atoms with E-state index in [1.807, 2.05) is 36.2 Å². The number of amides is 1. The maximum atomic E-state index is 12.1.